The molecule has 7 heteroatoms. The van der Waals surface area contributed by atoms with E-state index in [-0.39, 0.29) is 81.6 Å². The molecule has 7 heavy (non-hydrogen) atoms. The summed E-state index contributed by atoms with van der Waals surface area (Å²) in [5.74, 6) is 0. The molecule has 0 atom stereocenters. The van der Waals surface area contributed by atoms with Gasteiger partial charge in [0.25, 0.3) is 5.09 Å². The Balaban J connectivity index is -0.0000000150. The first-order valence-corrected chi connectivity index (χ1v) is 0.565. The molecular weight excluding hydrogens is 156 g/mol. The van der Waals surface area contributed by atoms with Gasteiger partial charge in [-0.15, -0.1) is 10.1 Å². The molecule has 0 saturated heterocycles. The summed E-state index contributed by atoms with van der Waals surface area (Å²) in [4.78, 5) is 8.36. The first-order chi connectivity index (χ1) is 1.73. The molecule has 0 bridgehead atoms. The summed E-state index contributed by atoms with van der Waals surface area (Å²) in [5.41, 5.74) is 0. The second-order valence-electron chi connectivity index (χ2n) is 0.238. The minimum absolute atomic E-state index is 0. The molecule has 4 N–H and O–H groups in total. The van der Waals surface area contributed by atoms with Gasteiger partial charge in [-0.3, -0.25) is 0 Å². The van der Waals surface area contributed by atoms with Gasteiger partial charge in [-0.05, 0) is 0 Å². The Hall–Kier alpha value is 1.68. The van der Waals surface area contributed by atoms with Gasteiger partial charge in [0, 0.05) is 0 Å². The van der Waals surface area contributed by atoms with Crippen molar-refractivity contribution < 1.29 is 10.3 Å². The molecule has 0 aromatic heterocycles. The molecule has 0 spiro atoms. The van der Waals surface area contributed by atoms with Crippen molar-refractivity contribution >= 4 is 75.5 Å². The van der Waals surface area contributed by atoms with E-state index in [1.165, 1.54) is 0 Å². The van der Waals surface area contributed by atoms with Crippen LogP contribution in [0.3, 0.4) is 0 Å². The van der Waals surface area contributed by atoms with E-state index in [0.29, 0.717) is 0 Å². The first-order valence-electron chi connectivity index (χ1n) is 0.565. The van der Waals surface area contributed by atoms with E-state index in [2.05, 4.69) is 0 Å². The summed E-state index contributed by atoms with van der Waals surface area (Å²) in [6, 6.07) is 0. The van der Waals surface area contributed by atoms with E-state index in [9.17, 15) is 0 Å². The van der Waals surface area contributed by atoms with Crippen molar-refractivity contribution in [3.8, 4) is 0 Å². The van der Waals surface area contributed by atoms with Crippen molar-refractivity contribution in [3.63, 3.8) is 0 Å². The standard InChI is InChI=1S/2Ca.HNO3.H3N.4H/c;;2-1(3)4;;;;;/h;;(H,2,3,4);1H3;;;;. The summed E-state index contributed by atoms with van der Waals surface area (Å²) in [5, 5.41) is 13.6. The quantitative estimate of drug-likeness (QED) is 0.245. The summed E-state index contributed by atoms with van der Waals surface area (Å²) < 4.78 is 0. The second-order valence-corrected chi connectivity index (χ2v) is 0.238. The molecule has 0 saturated carbocycles. The Kier molecular flexibility index (Phi) is 52.2. The van der Waals surface area contributed by atoms with Crippen LogP contribution in [0.5, 0.6) is 0 Å². The van der Waals surface area contributed by atoms with Crippen LogP contribution in [0.2, 0.25) is 0 Å². The molecule has 0 amide bonds. The molecule has 0 fully saturated rings. The van der Waals surface area contributed by atoms with Crippen LogP contribution in [0.4, 0.5) is 0 Å². The second kappa shape index (κ2) is 15.6. The maximum absolute atomic E-state index is 8.36. The van der Waals surface area contributed by atoms with Crippen LogP contribution in [0.25, 0.3) is 0 Å². The monoisotopic (exact) mass is 164 g/mol. The summed E-state index contributed by atoms with van der Waals surface area (Å²) in [7, 11) is 0. The summed E-state index contributed by atoms with van der Waals surface area (Å²) in [6.45, 7) is 0. The van der Waals surface area contributed by atoms with Crippen LogP contribution >= 0.6 is 0 Å². The van der Waals surface area contributed by atoms with E-state index in [4.69, 9.17) is 15.3 Å². The Labute approximate surface area is 100 Å². The van der Waals surface area contributed by atoms with Gasteiger partial charge >= 0.3 is 75.5 Å². The van der Waals surface area contributed by atoms with Crippen LogP contribution < -0.4 is 6.15 Å². The molecule has 0 aromatic rings. The average molecular weight is 164 g/mol. The Bertz CT molecular complexity index is 33.9. The Morgan fingerprint density at radius 1 is 1.43 bits per heavy atom. The van der Waals surface area contributed by atoms with Crippen LogP contribution in [0.15, 0.2) is 0 Å². The summed E-state index contributed by atoms with van der Waals surface area (Å²) in [6.07, 6.45) is 0. The van der Waals surface area contributed by atoms with E-state index in [1.54, 1.807) is 0 Å². The van der Waals surface area contributed by atoms with E-state index >= 15 is 0 Å². The van der Waals surface area contributed by atoms with Crippen LogP contribution in [0, 0.1) is 10.1 Å². The van der Waals surface area contributed by atoms with Crippen molar-refractivity contribution in [3.05, 3.63) is 10.1 Å². The fourth-order valence-corrected chi connectivity index (χ4v) is 0. The molecule has 0 unspecified atom stereocenters. The third-order valence-electron chi connectivity index (χ3n) is 0. The zero-order valence-corrected chi connectivity index (χ0v) is 2.42. The van der Waals surface area contributed by atoms with Gasteiger partial charge in [-0.1, -0.05) is 0 Å². The topological polar surface area (TPSA) is 98.4 Å². The van der Waals surface area contributed by atoms with Gasteiger partial charge < -0.3 is 11.4 Å². The molecule has 0 aliphatic rings. The predicted molar refractivity (Wildman–Crippen MR) is 30.9 cm³/mol. The Morgan fingerprint density at radius 2 is 1.43 bits per heavy atom. The first kappa shape index (κ1) is 23.4. The summed E-state index contributed by atoms with van der Waals surface area (Å²) >= 11 is 0. The van der Waals surface area contributed by atoms with E-state index in [0.717, 1.165) is 0 Å². The molecule has 5 nitrogen and oxygen atoms in total. The minimum atomic E-state index is -1.50. The molecule has 0 heterocycles. The number of hydrogen-bond donors (Lipinski definition) is 2. The number of hydrogen-bond acceptors (Lipinski definition) is 3. The van der Waals surface area contributed by atoms with Crippen molar-refractivity contribution in [2.75, 3.05) is 0 Å². The molecule has 0 radical (unpaired) electrons. The Morgan fingerprint density at radius 3 is 1.43 bits per heavy atom. The normalized spacial score (nSPS) is 3.43. The molecule has 0 aromatic carbocycles. The van der Waals surface area contributed by atoms with Gasteiger partial charge in [0.2, 0.25) is 0 Å². The van der Waals surface area contributed by atoms with Crippen molar-refractivity contribution in [1.82, 2.24) is 6.15 Å². The van der Waals surface area contributed by atoms with Crippen LogP contribution in [0.1, 0.15) is 0 Å². The van der Waals surface area contributed by atoms with Gasteiger partial charge in [-0.25, -0.2) is 0 Å². The van der Waals surface area contributed by atoms with Crippen LogP contribution in [-0.4, -0.2) is 85.8 Å². The zero-order chi connectivity index (χ0) is 3.58. The van der Waals surface area contributed by atoms with Gasteiger partial charge in [0.15, 0.2) is 0 Å². The van der Waals surface area contributed by atoms with Crippen molar-refractivity contribution in [2.24, 2.45) is 0 Å². The molecule has 40 valence electrons. The van der Waals surface area contributed by atoms with Crippen molar-refractivity contribution in [2.45, 2.75) is 0 Å². The molecule has 0 aliphatic heterocycles. The van der Waals surface area contributed by atoms with E-state index < -0.39 is 5.09 Å². The van der Waals surface area contributed by atoms with Crippen molar-refractivity contribution in [1.29, 1.82) is 0 Å². The molecule has 0 rings (SSSR count). The number of nitrogens with zero attached hydrogens (tertiary/aromatic N) is 1. The third kappa shape index (κ3) is 87.8. The fraction of sp³-hybridized carbons (Fsp3) is 0. The van der Waals surface area contributed by atoms with Gasteiger partial charge in [0.05, 0.1) is 0 Å². The third-order valence-corrected chi connectivity index (χ3v) is 0. The fourth-order valence-electron chi connectivity index (χ4n) is 0. The van der Waals surface area contributed by atoms with Gasteiger partial charge in [0.1, 0.15) is 0 Å². The molecule has 0 aliphatic carbocycles. The predicted octanol–water partition coefficient (Wildman–Crippen LogP) is -2.02. The number of rotatable bonds is 0. The molecular formula is H8Ca2N2O3. The average Bonchev–Trinajstić information content (AvgIpc) is 0.811. The van der Waals surface area contributed by atoms with Crippen LogP contribution in [-0.2, 0) is 0 Å². The SMILES string of the molecule is N.O=[N+]([O-])O.[CaH2].[CaH2]. The van der Waals surface area contributed by atoms with Gasteiger partial charge in [-0.2, -0.15) is 0 Å². The zero-order valence-electron chi connectivity index (χ0n) is 2.42. The van der Waals surface area contributed by atoms with E-state index in [1.807, 2.05) is 0 Å². The maximum atomic E-state index is 8.36.